The molecule has 0 spiro atoms. The smallest absolute Gasteiger partial charge is 0.377 e. The molecule has 136 valence electrons. The minimum absolute atomic E-state index is 0.0484. The number of hydrogen-bond acceptors (Lipinski definition) is 5. The summed E-state index contributed by atoms with van der Waals surface area (Å²) in [5, 5.41) is 9.81. The number of ether oxygens (including phenoxy) is 2. The fourth-order valence-electron chi connectivity index (χ4n) is 5.53. The molecule has 4 aliphatic rings. The third kappa shape index (κ3) is 3.41. The van der Waals surface area contributed by atoms with Crippen molar-refractivity contribution in [3.05, 3.63) is 0 Å². The van der Waals surface area contributed by atoms with E-state index in [1.54, 1.807) is 0 Å². The number of carbonyl (C=O) groups excluding carboxylic acids is 2. The van der Waals surface area contributed by atoms with Crippen molar-refractivity contribution >= 4 is 11.9 Å². The molecule has 4 aliphatic carbocycles. The van der Waals surface area contributed by atoms with Crippen molar-refractivity contribution in [2.24, 2.45) is 22.7 Å². The van der Waals surface area contributed by atoms with Crippen LogP contribution in [0.1, 0.15) is 45.4 Å². The summed E-state index contributed by atoms with van der Waals surface area (Å²) in [7, 11) is 0. The van der Waals surface area contributed by atoms with Gasteiger partial charge in [0.1, 0.15) is 0 Å². The van der Waals surface area contributed by atoms with E-state index in [9.17, 15) is 23.5 Å². The molecule has 7 heteroatoms. The van der Waals surface area contributed by atoms with Gasteiger partial charge in [-0.05, 0) is 55.8 Å². The Morgan fingerprint density at radius 1 is 1.12 bits per heavy atom. The summed E-state index contributed by atoms with van der Waals surface area (Å²) in [4.78, 5) is 22.7. The van der Waals surface area contributed by atoms with Gasteiger partial charge in [-0.25, -0.2) is 9.59 Å². The summed E-state index contributed by atoms with van der Waals surface area (Å²) in [5.41, 5.74) is -0.172. The van der Waals surface area contributed by atoms with Gasteiger partial charge in [-0.3, -0.25) is 0 Å². The van der Waals surface area contributed by atoms with Crippen LogP contribution < -0.4 is 0 Å². The summed E-state index contributed by atoms with van der Waals surface area (Å²) >= 11 is 0. The molecule has 4 saturated carbocycles. The second kappa shape index (κ2) is 5.93. The Bertz CT molecular complexity index is 514. The molecule has 0 radical (unpaired) electrons. The summed E-state index contributed by atoms with van der Waals surface area (Å²) < 4.78 is 34.9. The van der Waals surface area contributed by atoms with Crippen molar-refractivity contribution in [1.82, 2.24) is 0 Å². The number of esters is 2. The number of halogens is 2. The Labute approximate surface area is 139 Å². The zero-order chi connectivity index (χ0) is 17.6. The van der Waals surface area contributed by atoms with Crippen molar-refractivity contribution in [3.63, 3.8) is 0 Å². The van der Waals surface area contributed by atoms with Crippen LogP contribution in [-0.2, 0) is 19.1 Å². The zero-order valence-electron chi connectivity index (χ0n) is 13.9. The summed E-state index contributed by atoms with van der Waals surface area (Å²) in [6.07, 6.45) is 6.05. The second-order valence-electron chi connectivity index (χ2n) is 8.24. The molecule has 0 saturated heterocycles. The van der Waals surface area contributed by atoms with Gasteiger partial charge < -0.3 is 14.6 Å². The molecule has 0 aromatic rings. The van der Waals surface area contributed by atoms with Gasteiger partial charge in [0.05, 0.1) is 6.61 Å². The number of hydrogen-bond donors (Lipinski definition) is 1. The minimum atomic E-state index is -3.62. The third-order valence-electron chi connectivity index (χ3n) is 5.86. The zero-order valence-corrected chi connectivity index (χ0v) is 13.9. The Hall–Kier alpha value is -1.24. The molecular formula is C17H24F2O5. The van der Waals surface area contributed by atoms with E-state index in [1.807, 2.05) is 0 Å². The van der Waals surface area contributed by atoms with Gasteiger partial charge in [-0.15, -0.1) is 0 Å². The first-order valence-electron chi connectivity index (χ1n) is 8.47. The fraction of sp³-hybridized carbons (Fsp3) is 0.882. The SMILES string of the molecule is CC(F)(F)C(=O)OCC(=O)OCC12CC3CC(CC(CO)(C3)C1)C2. The maximum atomic E-state index is 12.7. The maximum Gasteiger partial charge on any atom is 0.377 e. The largest absolute Gasteiger partial charge is 0.463 e. The molecule has 4 bridgehead atoms. The number of carbonyl (C=O) groups is 2. The molecule has 1 N–H and O–H groups in total. The first kappa shape index (κ1) is 17.6. The monoisotopic (exact) mass is 346 g/mol. The topological polar surface area (TPSA) is 72.8 Å². The average molecular weight is 346 g/mol. The standard InChI is InChI=1S/C17H24F2O5/c1-15(18,19)14(22)23-7-13(21)24-10-17-5-11-2-12(6-17)4-16(3-11,8-17)9-20/h11-12,20H,2-10H2,1H3. The highest BCUT2D eigenvalue weighted by Gasteiger charge is 2.57. The van der Waals surface area contributed by atoms with Crippen LogP contribution in [0.4, 0.5) is 8.78 Å². The van der Waals surface area contributed by atoms with Crippen molar-refractivity contribution < 1.29 is 33.0 Å². The first-order chi connectivity index (χ1) is 11.2. The molecule has 4 rings (SSSR count). The quantitative estimate of drug-likeness (QED) is 0.747. The molecule has 0 amide bonds. The molecule has 4 fully saturated rings. The van der Waals surface area contributed by atoms with Crippen LogP contribution in [0, 0.1) is 22.7 Å². The van der Waals surface area contributed by atoms with Gasteiger partial charge in [0.15, 0.2) is 6.61 Å². The maximum absolute atomic E-state index is 12.7. The van der Waals surface area contributed by atoms with Crippen LogP contribution in [0.25, 0.3) is 0 Å². The van der Waals surface area contributed by atoms with Gasteiger partial charge in [-0.1, -0.05) is 0 Å². The first-order valence-corrected chi connectivity index (χ1v) is 8.47. The second-order valence-corrected chi connectivity index (χ2v) is 8.24. The van der Waals surface area contributed by atoms with E-state index in [2.05, 4.69) is 4.74 Å². The van der Waals surface area contributed by atoms with Gasteiger partial charge in [0, 0.05) is 18.9 Å². The summed E-state index contributed by atoms with van der Waals surface area (Å²) in [6.45, 7) is 0.000323. The highest BCUT2D eigenvalue weighted by atomic mass is 19.3. The third-order valence-corrected chi connectivity index (χ3v) is 5.86. The summed E-state index contributed by atoms with van der Waals surface area (Å²) in [6, 6.07) is 0. The number of alkyl halides is 2. The van der Waals surface area contributed by atoms with E-state index in [0.29, 0.717) is 18.8 Å². The molecule has 2 atom stereocenters. The predicted molar refractivity (Wildman–Crippen MR) is 79.2 cm³/mol. The van der Waals surface area contributed by atoms with Crippen molar-refractivity contribution in [2.75, 3.05) is 19.8 Å². The Kier molecular flexibility index (Phi) is 4.35. The van der Waals surface area contributed by atoms with E-state index in [1.165, 1.54) is 6.42 Å². The van der Waals surface area contributed by atoms with Crippen molar-refractivity contribution in [2.45, 2.75) is 51.4 Å². The minimum Gasteiger partial charge on any atom is -0.463 e. The number of rotatable bonds is 6. The number of aliphatic hydroxyl groups excluding tert-OH is 1. The van der Waals surface area contributed by atoms with Gasteiger partial charge in [-0.2, -0.15) is 8.78 Å². The highest BCUT2D eigenvalue weighted by molar-refractivity contribution is 5.80. The van der Waals surface area contributed by atoms with E-state index in [-0.39, 0.29) is 24.0 Å². The molecule has 0 aliphatic heterocycles. The van der Waals surface area contributed by atoms with Gasteiger partial charge in [0.25, 0.3) is 0 Å². The fourth-order valence-corrected chi connectivity index (χ4v) is 5.53. The molecule has 0 heterocycles. The lowest BCUT2D eigenvalue weighted by molar-refractivity contribution is -0.182. The van der Waals surface area contributed by atoms with Crippen molar-refractivity contribution in [1.29, 1.82) is 0 Å². The van der Waals surface area contributed by atoms with Crippen LogP contribution >= 0.6 is 0 Å². The lowest BCUT2D eigenvalue weighted by Gasteiger charge is -2.61. The molecule has 5 nitrogen and oxygen atoms in total. The highest BCUT2D eigenvalue weighted by Crippen LogP contribution is 2.65. The summed E-state index contributed by atoms with van der Waals surface area (Å²) in [5.74, 6) is -5.02. The molecule has 0 aromatic heterocycles. The predicted octanol–water partition coefficient (Wildman–Crippen LogP) is 2.31. The van der Waals surface area contributed by atoms with Crippen LogP contribution in [0.15, 0.2) is 0 Å². The number of aliphatic hydroxyl groups is 1. The lowest BCUT2D eigenvalue weighted by Crippen LogP contribution is -2.55. The normalized spacial score (nSPS) is 37.3. The van der Waals surface area contributed by atoms with E-state index < -0.39 is 24.5 Å². The van der Waals surface area contributed by atoms with E-state index in [4.69, 9.17) is 4.74 Å². The van der Waals surface area contributed by atoms with Crippen LogP contribution in [0.2, 0.25) is 0 Å². The Balaban J connectivity index is 1.53. The van der Waals surface area contributed by atoms with E-state index >= 15 is 0 Å². The van der Waals surface area contributed by atoms with Gasteiger partial charge in [0.2, 0.25) is 0 Å². The van der Waals surface area contributed by atoms with E-state index in [0.717, 1.165) is 32.1 Å². The van der Waals surface area contributed by atoms with Crippen LogP contribution in [0.3, 0.4) is 0 Å². The van der Waals surface area contributed by atoms with Gasteiger partial charge >= 0.3 is 17.9 Å². The van der Waals surface area contributed by atoms with Crippen LogP contribution in [0.5, 0.6) is 0 Å². The molecule has 24 heavy (non-hydrogen) atoms. The molecule has 0 aromatic carbocycles. The van der Waals surface area contributed by atoms with Crippen molar-refractivity contribution in [3.8, 4) is 0 Å². The molecule has 2 unspecified atom stereocenters. The Morgan fingerprint density at radius 2 is 1.71 bits per heavy atom. The lowest BCUT2D eigenvalue weighted by atomic mass is 9.44. The molecular weight excluding hydrogens is 322 g/mol. The Morgan fingerprint density at radius 3 is 2.25 bits per heavy atom. The average Bonchev–Trinajstić information content (AvgIpc) is 2.48. The van der Waals surface area contributed by atoms with Crippen LogP contribution in [-0.4, -0.2) is 42.8 Å².